The second-order valence-corrected chi connectivity index (χ2v) is 9.67. The van der Waals surface area contributed by atoms with Crippen molar-refractivity contribution in [2.45, 2.75) is 46.3 Å². The minimum absolute atomic E-state index is 0.00375. The summed E-state index contributed by atoms with van der Waals surface area (Å²) in [6, 6.07) is 0. The lowest BCUT2D eigenvalue weighted by Crippen LogP contribution is -2.39. The van der Waals surface area contributed by atoms with Gasteiger partial charge in [-0.3, -0.25) is 4.79 Å². The average molecular weight is 538 g/mol. The number of carbonyl (C=O) groups is 3. The van der Waals surface area contributed by atoms with Crippen molar-refractivity contribution in [2.75, 3.05) is 18.3 Å². The SMILES string of the molecule is CCOC(=O)c1c(N(F)C(=O)c2c(F)c(F)c(F)c(F)c2F)sc2c1CCN(C(=O)OC(C)(C)C)C2. The van der Waals surface area contributed by atoms with Crippen LogP contribution in [0.3, 0.4) is 0 Å². The Balaban J connectivity index is 2.06. The van der Waals surface area contributed by atoms with Gasteiger partial charge >= 0.3 is 12.1 Å². The Morgan fingerprint density at radius 2 is 1.53 bits per heavy atom. The Morgan fingerprint density at radius 3 is 2.06 bits per heavy atom. The topological polar surface area (TPSA) is 76.2 Å². The summed E-state index contributed by atoms with van der Waals surface area (Å²) in [7, 11) is 0. The Labute approximate surface area is 205 Å². The molecule has 1 aromatic heterocycles. The van der Waals surface area contributed by atoms with Gasteiger partial charge in [0.15, 0.2) is 23.3 Å². The van der Waals surface area contributed by atoms with Crippen LogP contribution < -0.4 is 5.12 Å². The molecule has 2 amide bonds. The molecule has 36 heavy (non-hydrogen) atoms. The maximum atomic E-state index is 15.3. The van der Waals surface area contributed by atoms with E-state index in [2.05, 4.69) is 0 Å². The molecule has 14 heteroatoms. The predicted molar refractivity (Wildman–Crippen MR) is 115 cm³/mol. The second kappa shape index (κ2) is 9.99. The first-order chi connectivity index (χ1) is 16.7. The van der Waals surface area contributed by atoms with Gasteiger partial charge in [-0.2, -0.15) is 0 Å². The van der Waals surface area contributed by atoms with Gasteiger partial charge in [-0.05, 0) is 39.7 Å². The van der Waals surface area contributed by atoms with Crippen molar-refractivity contribution in [1.29, 1.82) is 0 Å². The van der Waals surface area contributed by atoms with Crippen LogP contribution in [0.25, 0.3) is 0 Å². The summed E-state index contributed by atoms with van der Waals surface area (Å²) in [5.41, 5.74) is -3.10. The minimum Gasteiger partial charge on any atom is -0.462 e. The molecule has 0 N–H and O–H groups in total. The molecule has 3 rings (SSSR count). The molecule has 1 aromatic carbocycles. The van der Waals surface area contributed by atoms with E-state index in [0.29, 0.717) is 11.3 Å². The lowest BCUT2D eigenvalue weighted by atomic mass is 10.0. The number of carbonyl (C=O) groups excluding carboxylic acids is 3. The number of rotatable bonds is 4. The van der Waals surface area contributed by atoms with E-state index in [9.17, 15) is 36.3 Å². The number of benzene rings is 1. The Morgan fingerprint density at radius 1 is 0.972 bits per heavy atom. The van der Waals surface area contributed by atoms with E-state index in [4.69, 9.17) is 9.47 Å². The summed E-state index contributed by atoms with van der Waals surface area (Å²) >= 11 is 0.483. The van der Waals surface area contributed by atoms with Crippen molar-refractivity contribution in [1.82, 2.24) is 4.90 Å². The Kier molecular flexibility index (Phi) is 7.58. The van der Waals surface area contributed by atoms with E-state index in [1.54, 1.807) is 20.8 Å². The average Bonchev–Trinajstić information content (AvgIpc) is 3.19. The number of hydrogen-bond donors (Lipinski definition) is 0. The summed E-state index contributed by atoms with van der Waals surface area (Å²) < 4.78 is 94.3. The molecule has 0 saturated heterocycles. The number of fused-ring (bicyclic) bond motifs is 1. The number of halogens is 6. The summed E-state index contributed by atoms with van der Waals surface area (Å²) in [4.78, 5) is 39.1. The number of thiophene rings is 1. The molecule has 2 aromatic rings. The molecule has 0 unspecified atom stereocenters. The molecule has 2 heterocycles. The monoisotopic (exact) mass is 538 g/mol. The number of nitrogens with zero attached hydrogens (tertiary/aromatic N) is 2. The van der Waals surface area contributed by atoms with Crippen molar-refractivity contribution >= 4 is 34.3 Å². The zero-order chi connectivity index (χ0) is 27.1. The molecule has 0 spiro atoms. The lowest BCUT2D eigenvalue weighted by Gasteiger charge is -2.30. The second-order valence-electron chi connectivity index (χ2n) is 8.59. The predicted octanol–water partition coefficient (Wildman–Crippen LogP) is 5.44. The number of esters is 1. The van der Waals surface area contributed by atoms with Gasteiger partial charge in [-0.15, -0.1) is 16.5 Å². The third-order valence-corrected chi connectivity index (χ3v) is 6.13. The van der Waals surface area contributed by atoms with Crippen LogP contribution in [0.5, 0.6) is 0 Å². The van der Waals surface area contributed by atoms with Gasteiger partial charge in [0, 0.05) is 11.4 Å². The van der Waals surface area contributed by atoms with E-state index in [1.165, 1.54) is 11.8 Å². The Hall–Kier alpha value is -3.29. The quantitative estimate of drug-likeness (QED) is 0.170. The minimum atomic E-state index is -2.52. The molecule has 0 fully saturated rings. The standard InChI is InChI=1S/C22H20F6N2O5S/c1-5-34-20(32)11-9-6-7-29(21(33)35-22(2,3)4)8-10(9)36-19(11)30(28)18(31)12-13(23)15(25)17(27)16(26)14(12)24/h5-8H2,1-4H3. The van der Waals surface area contributed by atoms with E-state index >= 15 is 4.48 Å². The molecule has 0 bridgehead atoms. The fourth-order valence-corrected chi connectivity index (χ4v) is 4.66. The molecule has 7 nitrogen and oxygen atoms in total. The molecule has 0 radical (unpaired) electrons. The highest BCUT2D eigenvalue weighted by Crippen LogP contribution is 2.41. The van der Waals surface area contributed by atoms with Crippen LogP contribution in [0.1, 0.15) is 58.9 Å². The van der Waals surface area contributed by atoms with Crippen molar-refractivity contribution < 1.29 is 50.3 Å². The van der Waals surface area contributed by atoms with Gasteiger partial charge in [0.05, 0.1) is 13.2 Å². The number of amides is 2. The summed E-state index contributed by atoms with van der Waals surface area (Å²) in [5, 5.41) is -1.66. The third kappa shape index (κ3) is 4.99. The van der Waals surface area contributed by atoms with Gasteiger partial charge in [-0.25, -0.2) is 31.5 Å². The summed E-state index contributed by atoms with van der Waals surface area (Å²) in [6.45, 7) is 6.13. The molecule has 196 valence electrons. The highest BCUT2D eigenvalue weighted by Gasteiger charge is 2.38. The number of anilines is 1. The maximum absolute atomic E-state index is 15.3. The highest BCUT2D eigenvalue weighted by molar-refractivity contribution is 7.17. The van der Waals surface area contributed by atoms with Crippen LogP contribution in [0.4, 0.5) is 36.2 Å². The van der Waals surface area contributed by atoms with E-state index in [1.807, 2.05) is 0 Å². The zero-order valence-electron chi connectivity index (χ0n) is 19.4. The van der Waals surface area contributed by atoms with E-state index < -0.39 is 73.9 Å². The molecular weight excluding hydrogens is 518 g/mol. The van der Waals surface area contributed by atoms with Gasteiger partial charge in [0.25, 0.3) is 5.91 Å². The van der Waals surface area contributed by atoms with Gasteiger partial charge < -0.3 is 14.4 Å². The Bertz CT molecular complexity index is 1210. The zero-order valence-corrected chi connectivity index (χ0v) is 20.3. The fourth-order valence-electron chi connectivity index (χ4n) is 3.41. The highest BCUT2D eigenvalue weighted by atomic mass is 32.1. The van der Waals surface area contributed by atoms with Gasteiger partial charge in [0.2, 0.25) is 5.82 Å². The molecule has 0 atom stereocenters. The number of ether oxygens (including phenoxy) is 2. The van der Waals surface area contributed by atoms with Crippen LogP contribution in [-0.4, -0.2) is 41.6 Å². The molecule has 1 aliphatic heterocycles. The first-order valence-corrected chi connectivity index (χ1v) is 11.3. The largest absolute Gasteiger partial charge is 0.462 e. The van der Waals surface area contributed by atoms with Crippen LogP contribution in [0.15, 0.2) is 0 Å². The summed E-state index contributed by atoms with van der Waals surface area (Å²) in [6.07, 6.45) is -0.695. The first-order valence-electron chi connectivity index (χ1n) is 10.5. The molecular formula is C22H20F6N2O5S. The van der Waals surface area contributed by atoms with Crippen LogP contribution in [-0.2, 0) is 22.4 Å². The lowest BCUT2D eigenvalue weighted by molar-refractivity contribution is 0.0226. The van der Waals surface area contributed by atoms with Crippen molar-refractivity contribution in [3.63, 3.8) is 0 Å². The van der Waals surface area contributed by atoms with Crippen LogP contribution in [0, 0.1) is 29.1 Å². The van der Waals surface area contributed by atoms with Crippen LogP contribution in [0.2, 0.25) is 0 Å². The van der Waals surface area contributed by atoms with Crippen LogP contribution >= 0.6 is 11.3 Å². The summed E-state index contributed by atoms with van der Waals surface area (Å²) in [5.74, 6) is -15.8. The normalized spacial score (nSPS) is 13.3. The van der Waals surface area contributed by atoms with Crippen molar-refractivity contribution in [3.05, 3.63) is 50.7 Å². The number of hydrogen-bond acceptors (Lipinski definition) is 6. The van der Waals surface area contributed by atoms with Gasteiger partial charge in [0.1, 0.15) is 21.7 Å². The molecule has 0 aliphatic carbocycles. The smallest absolute Gasteiger partial charge is 0.410 e. The first kappa shape index (κ1) is 27.3. The fraction of sp³-hybridized carbons (Fsp3) is 0.409. The van der Waals surface area contributed by atoms with Crippen molar-refractivity contribution in [2.24, 2.45) is 0 Å². The molecule has 1 aliphatic rings. The van der Waals surface area contributed by atoms with E-state index in [0.717, 1.165) is 0 Å². The molecule has 0 saturated carbocycles. The maximum Gasteiger partial charge on any atom is 0.410 e. The third-order valence-electron chi connectivity index (χ3n) is 4.95. The van der Waals surface area contributed by atoms with E-state index in [-0.39, 0.29) is 36.6 Å². The van der Waals surface area contributed by atoms with Crippen molar-refractivity contribution in [3.8, 4) is 0 Å². The van der Waals surface area contributed by atoms with Gasteiger partial charge in [-0.1, -0.05) is 4.48 Å².